The number of allylic oxidation sites excluding steroid dienone is 2. The number of hydrogen-bond acceptors (Lipinski definition) is 5. The molecular weight excluding hydrogens is 420 g/mol. The molecule has 0 aromatic heterocycles. The van der Waals surface area contributed by atoms with Gasteiger partial charge in [-0.15, -0.1) is 13.2 Å². The smallest absolute Gasteiger partial charge is 0.309 e. The Morgan fingerprint density at radius 2 is 1.73 bits per heavy atom. The summed E-state index contributed by atoms with van der Waals surface area (Å²) >= 11 is 0. The van der Waals surface area contributed by atoms with E-state index in [9.17, 15) is 14.4 Å². The topological polar surface area (TPSA) is 105 Å². The largest absolute Gasteiger partial charge is 0.463 e. The van der Waals surface area contributed by atoms with Crippen LogP contribution in [0.2, 0.25) is 0 Å². The van der Waals surface area contributed by atoms with Gasteiger partial charge in [-0.2, -0.15) is 0 Å². The van der Waals surface area contributed by atoms with Crippen LogP contribution in [0, 0.1) is 11.8 Å². The molecule has 33 heavy (non-hydrogen) atoms. The Balaban J connectivity index is 2.60. The molecule has 7 nitrogen and oxygen atoms in total. The highest BCUT2D eigenvalue weighted by Crippen LogP contribution is 2.17. The fraction of sp³-hybridized carbons (Fsp3) is 0.500. The highest BCUT2D eigenvalue weighted by molar-refractivity contribution is 5.86. The van der Waals surface area contributed by atoms with Gasteiger partial charge in [0.25, 0.3) is 0 Å². The van der Waals surface area contributed by atoms with Gasteiger partial charge in [0.2, 0.25) is 11.8 Å². The minimum Gasteiger partial charge on any atom is -0.463 e. The summed E-state index contributed by atoms with van der Waals surface area (Å²) in [7, 11) is 0. The lowest BCUT2D eigenvalue weighted by molar-refractivity contribution is -0.150. The number of aliphatic hydroxyl groups excluding tert-OH is 1. The van der Waals surface area contributed by atoms with Crippen molar-refractivity contribution in [3.8, 4) is 0 Å². The second-order valence-corrected chi connectivity index (χ2v) is 8.37. The Morgan fingerprint density at radius 1 is 1.03 bits per heavy atom. The number of carbonyl (C=O) groups excluding carboxylic acids is 3. The SMILES string of the molecule is C=CCC[C@H](Cc1ccccc1)C(=O)OC[C@H](C)NC(=O)[C@@H](CC=C)CC(=O)N[C@H](C)CO. The molecule has 0 bridgehead atoms. The monoisotopic (exact) mass is 458 g/mol. The normalized spacial score (nSPS) is 14.3. The fourth-order valence-corrected chi connectivity index (χ4v) is 3.34. The summed E-state index contributed by atoms with van der Waals surface area (Å²) in [5.74, 6) is -1.81. The van der Waals surface area contributed by atoms with Crippen LogP contribution >= 0.6 is 0 Å². The van der Waals surface area contributed by atoms with Crippen molar-refractivity contribution < 1.29 is 24.2 Å². The van der Waals surface area contributed by atoms with E-state index in [1.807, 2.05) is 30.3 Å². The summed E-state index contributed by atoms with van der Waals surface area (Å²) in [6.07, 6.45) is 5.61. The number of nitrogens with one attached hydrogen (secondary N) is 2. The van der Waals surface area contributed by atoms with Gasteiger partial charge in [0.15, 0.2) is 0 Å². The maximum Gasteiger partial charge on any atom is 0.309 e. The van der Waals surface area contributed by atoms with Crippen LogP contribution in [0.4, 0.5) is 0 Å². The molecule has 0 aliphatic rings. The van der Waals surface area contributed by atoms with Gasteiger partial charge in [0.1, 0.15) is 6.61 Å². The third kappa shape index (κ3) is 11.5. The fourth-order valence-electron chi connectivity index (χ4n) is 3.34. The zero-order chi connectivity index (χ0) is 24.6. The second kappa shape index (κ2) is 15.8. The molecule has 1 aromatic carbocycles. The molecule has 0 heterocycles. The Kier molecular flexibility index (Phi) is 13.5. The molecule has 2 amide bonds. The van der Waals surface area contributed by atoms with Gasteiger partial charge in [-0.1, -0.05) is 42.5 Å². The van der Waals surface area contributed by atoms with Gasteiger partial charge in [-0.3, -0.25) is 14.4 Å². The summed E-state index contributed by atoms with van der Waals surface area (Å²) in [6, 6.07) is 8.97. The van der Waals surface area contributed by atoms with E-state index in [4.69, 9.17) is 9.84 Å². The van der Waals surface area contributed by atoms with Crippen molar-refractivity contribution in [1.82, 2.24) is 10.6 Å². The molecule has 3 N–H and O–H groups in total. The Bertz CT molecular complexity index is 765. The Hall–Kier alpha value is -2.93. The van der Waals surface area contributed by atoms with E-state index in [1.165, 1.54) is 0 Å². The van der Waals surface area contributed by atoms with E-state index in [2.05, 4.69) is 23.8 Å². The predicted octanol–water partition coefficient (Wildman–Crippen LogP) is 2.94. The highest BCUT2D eigenvalue weighted by Gasteiger charge is 2.24. The molecule has 1 rings (SSSR count). The molecule has 0 saturated carbocycles. The first-order chi connectivity index (χ1) is 15.8. The molecule has 7 heteroatoms. The van der Waals surface area contributed by atoms with Crippen LogP contribution in [0.1, 0.15) is 45.1 Å². The van der Waals surface area contributed by atoms with E-state index >= 15 is 0 Å². The van der Waals surface area contributed by atoms with Gasteiger partial charge in [-0.25, -0.2) is 0 Å². The minimum atomic E-state index is -0.593. The minimum absolute atomic E-state index is 0.0184. The zero-order valence-corrected chi connectivity index (χ0v) is 19.8. The number of amides is 2. The molecule has 4 atom stereocenters. The molecule has 0 saturated heterocycles. The van der Waals surface area contributed by atoms with Crippen molar-refractivity contribution in [3.05, 3.63) is 61.2 Å². The molecular formula is C26H38N2O5. The van der Waals surface area contributed by atoms with Gasteiger partial charge >= 0.3 is 5.97 Å². The van der Waals surface area contributed by atoms with E-state index in [-0.39, 0.29) is 49.4 Å². The third-order valence-corrected chi connectivity index (χ3v) is 5.18. The average Bonchev–Trinajstić information content (AvgIpc) is 2.80. The van der Waals surface area contributed by atoms with Crippen molar-refractivity contribution in [3.63, 3.8) is 0 Å². The number of benzene rings is 1. The summed E-state index contributed by atoms with van der Waals surface area (Å²) < 4.78 is 5.51. The number of aliphatic hydroxyl groups is 1. The van der Waals surface area contributed by atoms with Crippen LogP contribution in [-0.2, 0) is 25.5 Å². The van der Waals surface area contributed by atoms with Crippen molar-refractivity contribution in [2.75, 3.05) is 13.2 Å². The first-order valence-corrected chi connectivity index (χ1v) is 11.4. The number of rotatable bonds is 16. The average molecular weight is 459 g/mol. The summed E-state index contributed by atoms with van der Waals surface area (Å²) in [4.78, 5) is 37.5. The third-order valence-electron chi connectivity index (χ3n) is 5.18. The number of ether oxygens (including phenoxy) is 1. The van der Waals surface area contributed by atoms with Gasteiger partial charge in [0.05, 0.1) is 24.5 Å². The quantitative estimate of drug-likeness (QED) is 0.261. The predicted molar refractivity (Wildman–Crippen MR) is 129 cm³/mol. The van der Waals surface area contributed by atoms with Gasteiger partial charge in [0, 0.05) is 12.5 Å². The van der Waals surface area contributed by atoms with E-state index in [0.29, 0.717) is 25.7 Å². The molecule has 182 valence electrons. The molecule has 0 fully saturated rings. The standard InChI is InChI=1S/C26H38N2O5/c1-5-7-14-23(15-21-12-9-8-10-13-21)26(32)33-18-20(4)28-25(31)22(11-6-2)16-24(30)27-19(3)17-29/h5-6,8-10,12-13,19-20,22-23,29H,1-2,7,11,14-18H2,3-4H3,(H,27,30)(H,28,31)/t19-,20+,22+,23-/m1/s1. The van der Waals surface area contributed by atoms with Crippen molar-refractivity contribution in [2.24, 2.45) is 11.8 Å². The van der Waals surface area contributed by atoms with E-state index in [0.717, 1.165) is 5.56 Å². The lowest BCUT2D eigenvalue weighted by Gasteiger charge is -2.21. The first kappa shape index (κ1) is 28.1. The second-order valence-electron chi connectivity index (χ2n) is 8.37. The molecule has 1 aromatic rings. The van der Waals surface area contributed by atoms with Crippen LogP contribution in [0.3, 0.4) is 0 Å². The summed E-state index contributed by atoms with van der Waals surface area (Å²) in [5, 5.41) is 14.5. The van der Waals surface area contributed by atoms with Gasteiger partial charge in [-0.05, 0) is 45.1 Å². The number of carbonyl (C=O) groups is 3. The zero-order valence-electron chi connectivity index (χ0n) is 19.8. The maximum absolute atomic E-state index is 12.7. The summed E-state index contributed by atoms with van der Waals surface area (Å²) in [5.41, 5.74) is 1.06. The molecule has 0 radical (unpaired) electrons. The first-order valence-electron chi connectivity index (χ1n) is 11.4. The Labute approximate surface area is 197 Å². The molecule has 0 spiro atoms. The van der Waals surface area contributed by atoms with Crippen LogP contribution in [0.5, 0.6) is 0 Å². The lowest BCUT2D eigenvalue weighted by Crippen LogP contribution is -2.43. The molecule has 0 aliphatic carbocycles. The molecule has 0 unspecified atom stereocenters. The van der Waals surface area contributed by atoms with Crippen molar-refractivity contribution in [2.45, 2.75) is 58.0 Å². The van der Waals surface area contributed by atoms with E-state index in [1.54, 1.807) is 26.0 Å². The van der Waals surface area contributed by atoms with Crippen molar-refractivity contribution >= 4 is 17.8 Å². The Morgan fingerprint density at radius 3 is 2.33 bits per heavy atom. The molecule has 0 aliphatic heterocycles. The van der Waals surface area contributed by atoms with Crippen molar-refractivity contribution in [1.29, 1.82) is 0 Å². The number of hydrogen-bond donors (Lipinski definition) is 3. The highest BCUT2D eigenvalue weighted by atomic mass is 16.5. The number of esters is 1. The van der Waals surface area contributed by atoms with Crippen LogP contribution in [-0.4, -0.2) is 48.2 Å². The van der Waals surface area contributed by atoms with Gasteiger partial charge < -0.3 is 20.5 Å². The van der Waals surface area contributed by atoms with Crippen LogP contribution in [0.25, 0.3) is 0 Å². The van der Waals surface area contributed by atoms with Crippen LogP contribution in [0.15, 0.2) is 55.6 Å². The summed E-state index contributed by atoms with van der Waals surface area (Å²) in [6.45, 7) is 10.7. The lowest BCUT2D eigenvalue weighted by atomic mass is 9.95. The van der Waals surface area contributed by atoms with E-state index < -0.39 is 12.0 Å². The maximum atomic E-state index is 12.7. The van der Waals surface area contributed by atoms with Crippen LogP contribution < -0.4 is 10.6 Å².